The van der Waals surface area contributed by atoms with Gasteiger partial charge in [0, 0.05) is 28.8 Å². The molecule has 0 fully saturated rings. The van der Waals surface area contributed by atoms with E-state index in [9.17, 15) is 9.59 Å². The molecular weight excluding hydrogens is 645 g/mol. The monoisotopic (exact) mass is 692 g/mol. The number of hydrogen-bond donors (Lipinski definition) is 0. The van der Waals surface area contributed by atoms with E-state index in [0.717, 1.165) is 34.8 Å². The first-order valence-electron chi connectivity index (χ1n) is 18.5. The fourth-order valence-electron chi connectivity index (χ4n) is 8.63. The molecule has 0 N–H and O–H groups in total. The third kappa shape index (κ3) is 5.69. The zero-order valence-electron chi connectivity index (χ0n) is 31.4. The Morgan fingerprint density at radius 3 is 1.98 bits per heavy atom. The van der Waals surface area contributed by atoms with Crippen molar-refractivity contribution in [2.75, 3.05) is 24.7 Å². The first-order valence-corrected chi connectivity index (χ1v) is 18.5. The van der Waals surface area contributed by atoms with Crippen molar-refractivity contribution in [2.24, 2.45) is 10.4 Å². The van der Waals surface area contributed by atoms with Crippen LogP contribution >= 0.6 is 0 Å². The smallest absolute Gasteiger partial charge is 0.324 e. The fraction of sp³-hybridized carbons (Fsp3) is 0.326. The molecule has 2 heterocycles. The second-order valence-electron chi connectivity index (χ2n) is 15.1. The van der Waals surface area contributed by atoms with Gasteiger partial charge in [0.2, 0.25) is 0 Å². The number of nitrogens with zero attached hydrogens (tertiary/aromatic N) is 2. The summed E-state index contributed by atoms with van der Waals surface area (Å²) in [6, 6.07) is 25.6. The maximum Gasteiger partial charge on any atom is 0.324 e. The minimum absolute atomic E-state index is 0.168. The predicted octanol–water partition coefficient (Wildman–Crippen LogP) is 10.4. The number of carbonyl (C=O) groups excluding carboxylic acids is 2. The number of ether oxygens (including phenoxy) is 2. The Bertz CT molecular complexity index is 2250. The molecule has 4 aromatic rings. The molecule has 0 aromatic heterocycles. The number of benzene rings is 4. The highest BCUT2D eigenvalue weighted by Gasteiger charge is 2.51. The van der Waals surface area contributed by atoms with Crippen molar-refractivity contribution in [1.82, 2.24) is 0 Å². The minimum Gasteiger partial charge on any atom is -0.465 e. The van der Waals surface area contributed by atoms with Gasteiger partial charge in [-0.3, -0.25) is 14.6 Å². The number of likely N-dealkylation sites (N-methyl/N-ethyl adjacent to an activating group) is 1. The number of esters is 2. The number of hydrogen-bond acceptors (Lipinski definition) is 6. The van der Waals surface area contributed by atoms with E-state index in [2.05, 4.69) is 131 Å². The lowest BCUT2D eigenvalue weighted by Crippen LogP contribution is -2.44. The van der Waals surface area contributed by atoms with Crippen molar-refractivity contribution in [1.29, 1.82) is 0 Å². The highest BCUT2D eigenvalue weighted by atomic mass is 16.6. The molecule has 0 spiro atoms. The van der Waals surface area contributed by atoms with E-state index in [-0.39, 0.29) is 36.9 Å². The molecule has 266 valence electrons. The van der Waals surface area contributed by atoms with E-state index in [1.165, 1.54) is 38.4 Å². The lowest BCUT2D eigenvalue weighted by molar-refractivity contribution is -0.172. The molecule has 52 heavy (non-hydrogen) atoms. The van der Waals surface area contributed by atoms with E-state index < -0.39 is 17.4 Å². The predicted molar refractivity (Wildman–Crippen MR) is 212 cm³/mol. The van der Waals surface area contributed by atoms with Crippen LogP contribution in [0.2, 0.25) is 0 Å². The Balaban J connectivity index is 1.32. The third-order valence-electron chi connectivity index (χ3n) is 11.1. The van der Waals surface area contributed by atoms with E-state index in [1.54, 1.807) is 13.8 Å². The average Bonchev–Trinajstić information content (AvgIpc) is 3.54. The van der Waals surface area contributed by atoms with Crippen molar-refractivity contribution in [3.05, 3.63) is 131 Å². The molecule has 4 aromatic carbocycles. The van der Waals surface area contributed by atoms with E-state index in [4.69, 9.17) is 14.5 Å². The van der Waals surface area contributed by atoms with Crippen LogP contribution in [-0.4, -0.2) is 37.4 Å². The minimum atomic E-state index is -1.51. The highest BCUT2D eigenvalue weighted by molar-refractivity contribution is 6.12. The van der Waals surface area contributed by atoms with Gasteiger partial charge in [0.1, 0.15) is 0 Å². The summed E-state index contributed by atoms with van der Waals surface area (Å²) >= 11 is 0. The SMILES string of the molecule is CCOC(=O)C1(C(=O)OCC)CC(/C=C/C2=Nc3ccc4ccccc4c3C2(C)C)=CC(=C/C=C2/N(CC)c3ccc4ccccc4c3C2(C)C)/C1. The molecule has 0 radical (unpaired) electrons. The molecule has 0 saturated heterocycles. The van der Waals surface area contributed by atoms with Crippen LogP contribution in [0.3, 0.4) is 0 Å². The zero-order valence-corrected chi connectivity index (χ0v) is 31.4. The van der Waals surface area contributed by atoms with Crippen LogP contribution in [-0.2, 0) is 29.9 Å². The normalized spacial score (nSPS) is 19.9. The third-order valence-corrected chi connectivity index (χ3v) is 11.1. The number of allylic oxidation sites excluding steroid dienone is 8. The van der Waals surface area contributed by atoms with Gasteiger partial charge in [-0.2, -0.15) is 0 Å². The van der Waals surface area contributed by atoms with Crippen LogP contribution in [0.1, 0.15) is 72.4 Å². The fourth-order valence-corrected chi connectivity index (χ4v) is 8.63. The summed E-state index contributed by atoms with van der Waals surface area (Å²) in [6.07, 6.45) is 10.8. The standard InChI is InChI=1S/C46H48N2O4/c1-8-48-37-24-22-33-16-12-14-18-35(33)41(37)45(6,7)39(48)26-20-31-27-30(28-46(29-31,42(49)51-9-2)43(50)52-10-3)19-25-38-44(4,5)40-34-17-13-11-15-32(34)21-23-36(40)47-38/h11-27H,8-10,28-29H2,1-7H3/b25-19+,31-20-,39-26+. The number of fused-ring (bicyclic) bond motifs is 6. The molecule has 7 rings (SSSR count). The second-order valence-corrected chi connectivity index (χ2v) is 15.1. The maximum absolute atomic E-state index is 13.9. The average molecular weight is 693 g/mol. The summed E-state index contributed by atoms with van der Waals surface area (Å²) in [7, 11) is 0. The van der Waals surface area contributed by atoms with E-state index in [0.29, 0.717) is 0 Å². The van der Waals surface area contributed by atoms with Gasteiger partial charge < -0.3 is 14.4 Å². The van der Waals surface area contributed by atoms with Crippen LogP contribution < -0.4 is 4.90 Å². The molecule has 0 saturated carbocycles. The van der Waals surface area contributed by atoms with Gasteiger partial charge in [-0.25, -0.2) is 0 Å². The molecule has 0 bridgehead atoms. The molecule has 0 amide bonds. The summed E-state index contributed by atoms with van der Waals surface area (Å²) < 4.78 is 11.2. The number of carbonyl (C=O) groups is 2. The molecular formula is C46H48N2O4. The van der Waals surface area contributed by atoms with Crippen molar-refractivity contribution >= 4 is 50.6 Å². The quantitative estimate of drug-likeness (QED) is 0.136. The summed E-state index contributed by atoms with van der Waals surface area (Å²) in [6.45, 7) is 15.8. The number of aliphatic imine (C=N–C) groups is 1. The van der Waals surface area contributed by atoms with Crippen LogP contribution in [0.15, 0.2) is 125 Å². The molecule has 2 aliphatic heterocycles. The maximum atomic E-state index is 13.9. The van der Waals surface area contributed by atoms with Gasteiger partial charge in [-0.15, -0.1) is 0 Å². The van der Waals surface area contributed by atoms with Gasteiger partial charge in [0.05, 0.1) is 24.6 Å². The van der Waals surface area contributed by atoms with Crippen LogP contribution in [0.4, 0.5) is 11.4 Å². The van der Waals surface area contributed by atoms with Crippen molar-refractivity contribution in [2.45, 2.75) is 72.1 Å². The van der Waals surface area contributed by atoms with E-state index >= 15 is 0 Å². The van der Waals surface area contributed by atoms with E-state index in [1.807, 2.05) is 12.2 Å². The van der Waals surface area contributed by atoms with Crippen molar-refractivity contribution < 1.29 is 19.1 Å². The van der Waals surface area contributed by atoms with Gasteiger partial charge in [-0.1, -0.05) is 107 Å². The molecule has 0 unspecified atom stereocenters. The Hall–Kier alpha value is -5.23. The van der Waals surface area contributed by atoms with Crippen LogP contribution in [0.25, 0.3) is 21.5 Å². The summed E-state index contributed by atoms with van der Waals surface area (Å²) in [5.41, 5.74) is 6.33. The Morgan fingerprint density at radius 1 is 0.731 bits per heavy atom. The first kappa shape index (κ1) is 35.2. The molecule has 3 aliphatic rings. The Labute approximate surface area is 307 Å². The Morgan fingerprint density at radius 2 is 1.35 bits per heavy atom. The topological polar surface area (TPSA) is 68.2 Å². The lowest BCUT2D eigenvalue weighted by atomic mass is 9.71. The lowest BCUT2D eigenvalue weighted by Gasteiger charge is -2.33. The zero-order chi connectivity index (χ0) is 36.8. The van der Waals surface area contributed by atoms with Gasteiger partial charge in [-0.05, 0) is 102 Å². The van der Waals surface area contributed by atoms with Gasteiger partial charge >= 0.3 is 11.9 Å². The molecule has 0 atom stereocenters. The second kappa shape index (κ2) is 13.4. The summed E-state index contributed by atoms with van der Waals surface area (Å²) in [5, 5.41) is 4.85. The highest BCUT2D eigenvalue weighted by Crippen LogP contribution is 2.51. The number of anilines is 1. The number of rotatable bonds is 8. The van der Waals surface area contributed by atoms with Crippen molar-refractivity contribution in [3.63, 3.8) is 0 Å². The largest absolute Gasteiger partial charge is 0.465 e. The van der Waals surface area contributed by atoms with Crippen molar-refractivity contribution in [3.8, 4) is 0 Å². The summed E-state index contributed by atoms with van der Waals surface area (Å²) in [5.74, 6) is -1.11. The molecule has 1 aliphatic carbocycles. The van der Waals surface area contributed by atoms with Gasteiger partial charge in [0.15, 0.2) is 5.41 Å². The Kier molecular flexibility index (Phi) is 9.06. The van der Waals surface area contributed by atoms with Gasteiger partial charge in [0.25, 0.3) is 0 Å². The first-order chi connectivity index (χ1) is 25.0. The van der Waals surface area contributed by atoms with Crippen LogP contribution in [0, 0.1) is 5.41 Å². The van der Waals surface area contributed by atoms with Crippen LogP contribution in [0.5, 0.6) is 0 Å². The summed E-state index contributed by atoms with van der Waals surface area (Å²) in [4.78, 5) is 35.2. The molecule has 6 heteroatoms. The molecule has 6 nitrogen and oxygen atoms in total.